The second-order valence-electron chi connectivity index (χ2n) is 3.19. The summed E-state index contributed by atoms with van der Waals surface area (Å²) < 4.78 is 0. The molecule has 0 N–H and O–H groups in total. The van der Waals surface area contributed by atoms with Crippen LogP contribution in [0.4, 0.5) is 0 Å². The normalized spacial score (nSPS) is 21.6. The monoisotopic (exact) mass is 232 g/mol. The van der Waals surface area contributed by atoms with Gasteiger partial charge in [-0.25, -0.2) is 0 Å². The molecule has 0 radical (unpaired) electrons. The van der Waals surface area contributed by atoms with Crippen molar-refractivity contribution in [2.24, 2.45) is 0 Å². The lowest BCUT2D eigenvalue weighted by Gasteiger charge is -2.26. The number of halogens is 2. The molecule has 1 atom stereocenters. The Morgan fingerprint density at radius 3 is 2.62 bits per heavy atom. The number of rotatable bonds is 1. The lowest BCUT2D eigenvalue weighted by Crippen LogP contribution is -1.94. The van der Waals surface area contributed by atoms with E-state index in [1.54, 1.807) is 0 Å². The lowest BCUT2D eigenvalue weighted by atomic mass is 10.1. The molecule has 1 aliphatic rings. The summed E-state index contributed by atoms with van der Waals surface area (Å²) in [6.07, 6.45) is 6.10. The van der Waals surface area contributed by atoms with E-state index in [1.807, 2.05) is 18.4 Å². The molecule has 0 aromatic heterocycles. The van der Waals surface area contributed by atoms with Crippen LogP contribution in [0.2, 0.25) is 0 Å². The summed E-state index contributed by atoms with van der Waals surface area (Å²) in [6, 6.07) is 8.24. The molecule has 0 heterocycles. The summed E-state index contributed by atoms with van der Waals surface area (Å²) in [4.78, 5) is 0. The summed E-state index contributed by atoms with van der Waals surface area (Å²) in [7, 11) is 10.8. The fourth-order valence-corrected chi connectivity index (χ4v) is 3.52. The number of hydrogen-bond acceptors (Lipinski definition) is 0. The first-order chi connectivity index (χ1) is 6.09. The minimum Gasteiger partial charge on any atom is -0.0765 e. The number of hydrogen-bond donors (Lipinski definition) is 0. The zero-order valence-corrected chi connectivity index (χ0v) is 9.53. The van der Waals surface area contributed by atoms with Crippen LogP contribution in [0.5, 0.6) is 0 Å². The van der Waals surface area contributed by atoms with E-state index >= 15 is 0 Å². The molecule has 1 unspecified atom stereocenters. The van der Waals surface area contributed by atoms with Crippen molar-refractivity contribution in [3.05, 3.63) is 41.5 Å². The molecule has 0 fully saturated rings. The Morgan fingerprint density at radius 2 is 1.92 bits per heavy atom. The molecule has 0 saturated carbocycles. The molecular weight excluding hydrogens is 223 g/mol. The van der Waals surface area contributed by atoms with Gasteiger partial charge in [0.2, 0.25) is 0 Å². The summed E-state index contributed by atoms with van der Waals surface area (Å²) in [6.45, 7) is 0. The van der Waals surface area contributed by atoms with Crippen LogP contribution in [0, 0.1) is 0 Å². The van der Waals surface area contributed by atoms with E-state index in [0.717, 1.165) is 0 Å². The van der Waals surface area contributed by atoms with Crippen LogP contribution < -0.4 is 0 Å². The molecule has 0 aliphatic heterocycles. The van der Waals surface area contributed by atoms with Gasteiger partial charge in [-0.15, -0.1) is 0 Å². The molecule has 2 rings (SSSR count). The van der Waals surface area contributed by atoms with Crippen molar-refractivity contribution in [3.63, 3.8) is 0 Å². The highest BCUT2D eigenvalue weighted by Gasteiger charge is 2.28. The Kier molecular flexibility index (Phi) is 2.35. The fourth-order valence-electron chi connectivity index (χ4n) is 1.58. The van der Waals surface area contributed by atoms with E-state index < -0.39 is 8.46 Å². The van der Waals surface area contributed by atoms with Gasteiger partial charge in [0.1, 0.15) is 0 Å². The van der Waals surface area contributed by atoms with Gasteiger partial charge < -0.3 is 0 Å². The maximum absolute atomic E-state index is 6.16. The predicted octanol–water partition coefficient (Wildman–Crippen LogP) is 4.50. The molecular formula is C10H10Cl2S. The first kappa shape index (κ1) is 9.45. The second kappa shape index (κ2) is 3.23. The lowest BCUT2D eigenvalue weighted by molar-refractivity contribution is 1.26. The molecule has 0 spiro atoms. The van der Waals surface area contributed by atoms with Crippen molar-refractivity contribution in [1.82, 2.24) is 0 Å². The molecule has 3 heteroatoms. The van der Waals surface area contributed by atoms with Crippen molar-refractivity contribution in [1.29, 1.82) is 0 Å². The molecule has 0 bridgehead atoms. The molecule has 1 aliphatic carbocycles. The van der Waals surface area contributed by atoms with E-state index in [2.05, 4.69) is 24.3 Å². The quantitative estimate of drug-likeness (QED) is 0.670. The third-order valence-electron chi connectivity index (χ3n) is 2.20. The fraction of sp³-hybridized carbons (Fsp3) is 0.200. The van der Waals surface area contributed by atoms with Crippen molar-refractivity contribution < 1.29 is 0 Å². The summed E-state index contributed by atoms with van der Waals surface area (Å²) in [5, 5.41) is 0.201. The Balaban J connectivity index is 2.45. The Bertz CT molecular complexity index is 352. The average molecular weight is 233 g/mol. The largest absolute Gasteiger partial charge is 0.0765 e. The van der Waals surface area contributed by atoms with E-state index in [-0.39, 0.29) is 5.25 Å². The molecule has 70 valence electrons. The predicted molar refractivity (Wildman–Crippen MR) is 63.4 cm³/mol. The van der Waals surface area contributed by atoms with Gasteiger partial charge in [-0.2, -0.15) is 0 Å². The summed E-state index contributed by atoms with van der Waals surface area (Å²) >= 11 is 0. The summed E-state index contributed by atoms with van der Waals surface area (Å²) in [5.74, 6) is 0. The van der Waals surface area contributed by atoms with Crippen molar-refractivity contribution in [2.75, 3.05) is 6.26 Å². The zero-order chi connectivity index (χ0) is 9.47. The number of fused-ring (bicyclic) bond motifs is 1. The van der Waals surface area contributed by atoms with E-state index in [9.17, 15) is 0 Å². The van der Waals surface area contributed by atoms with Crippen molar-refractivity contribution in [3.8, 4) is 0 Å². The van der Waals surface area contributed by atoms with E-state index in [4.69, 9.17) is 21.4 Å². The van der Waals surface area contributed by atoms with E-state index in [1.165, 1.54) is 11.1 Å². The van der Waals surface area contributed by atoms with E-state index in [0.29, 0.717) is 0 Å². The van der Waals surface area contributed by atoms with Crippen LogP contribution in [0.1, 0.15) is 16.4 Å². The second-order valence-corrected chi connectivity index (χ2v) is 9.58. The smallest absolute Gasteiger partial charge is 0.0580 e. The minimum atomic E-state index is -1.56. The van der Waals surface area contributed by atoms with Gasteiger partial charge in [0.15, 0.2) is 0 Å². The van der Waals surface area contributed by atoms with Crippen molar-refractivity contribution in [2.45, 2.75) is 5.25 Å². The maximum atomic E-state index is 6.16. The molecule has 0 saturated heterocycles. The minimum absolute atomic E-state index is 0.201. The highest BCUT2D eigenvalue weighted by molar-refractivity contribution is 8.65. The SMILES string of the molecule is CS(Cl)(Cl)C1C=Cc2ccccc21. The third kappa shape index (κ3) is 1.74. The standard InChI is InChI=1S/C10H10Cl2S/c1-13(11,12)10-7-6-8-4-2-3-5-9(8)10/h2-7,10H,1H3. The van der Waals surface area contributed by atoms with Gasteiger partial charge in [0.25, 0.3) is 0 Å². The van der Waals surface area contributed by atoms with Crippen LogP contribution in [0.15, 0.2) is 30.3 Å². The molecule has 13 heavy (non-hydrogen) atoms. The van der Waals surface area contributed by atoms with Gasteiger partial charge in [-0.1, -0.05) is 66.2 Å². The van der Waals surface area contributed by atoms with Gasteiger partial charge >= 0.3 is 0 Å². The maximum Gasteiger partial charge on any atom is 0.0580 e. The highest BCUT2D eigenvalue weighted by Crippen LogP contribution is 2.68. The highest BCUT2D eigenvalue weighted by atomic mass is 36.0. The summed E-state index contributed by atoms with van der Waals surface area (Å²) in [5.41, 5.74) is 2.50. The molecule has 1 aromatic carbocycles. The van der Waals surface area contributed by atoms with Crippen LogP contribution in [0.3, 0.4) is 0 Å². The Hall–Kier alpha value is -0.110. The molecule has 1 aromatic rings. The zero-order valence-electron chi connectivity index (χ0n) is 7.21. The first-order valence-corrected chi connectivity index (χ1v) is 7.78. The van der Waals surface area contributed by atoms with Crippen molar-refractivity contribution >= 4 is 35.9 Å². The van der Waals surface area contributed by atoms with Crippen LogP contribution >= 0.6 is 29.8 Å². The van der Waals surface area contributed by atoms with Gasteiger partial charge in [0.05, 0.1) is 5.25 Å². The van der Waals surface area contributed by atoms with Crippen LogP contribution in [0.25, 0.3) is 6.08 Å². The number of benzene rings is 1. The molecule has 0 nitrogen and oxygen atoms in total. The third-order valence-corrected chi connectivity index (χ3v) is 4.65. The average Bonchev–Trinajstić information content (AvgIpc) is 2.45. The van der Waals surface area contributed by atoms with Gasteiger partial charge in [0, 0.05) is 0 Å². The first-order valence-electron chi connectivity index (χ1n) is 4.02. The Labute approximate surface area is 88.9 Å². The van der Waals surface area contributed by atoms with Gasteiger partial charge in [-0.05, 0) is 17.4 Å². The van der Waals surface area contributed by atoms with Crippen LogP contribution in [-0.2, 0) is 0 Å². The molecule has 0 amide bonds. The van der Waals surface area contributed by atoms with Crippen LogP contribution in [-0.4, -0.2) is 6.26 Å². The topological polar surface area (TPSA) is 0 Å². The Morgan fingerprint density at radius 1 is 1.23 bits per heavy atom. The van der Waals surface area contributed by atoms with Gasteiger partial charge in [-0.3, -0.25) is 0 Å².